The average molecular weight is 202 g/mol. The minimum absolute atomic E-state index is 0.00390. The molecule has 1 fully saturated rings. The summed E-state index contributed by atoms with van der Waals surface area (Å²) in [6.45, 7) is 3.69. The molecule has 1 saturated heterocycles. The fraction of sp³-hybridized carbons (Fsp3) is 0.889. The van der Waals surface area contributed by atoms with E-state index < -0.39 is 0 Å². The van der Waals surface area contributed by atoms with Crippen LogP contribution in [0.5, 0.6) is 0 Å². The molecule has 2 atom stereocenters. The number of rotatable bonds is 3. The molecule has 1 rings (SSSR count). The number of amides is 1. The van der Waals surface area contributed by atoms with Gasteiger partial charge in [-0.25, -0.2) is 0 Å². The lowest BCUT2D eigenvalue weighted by Gasteiger charge is -2.35. The van der Waals surface area contributed by atoms with Crippen LogP contribution in [0, 0.1) is 0 Å². The summed E-state index contributed by atoms with van der Waals surface area (Å²) in [4.78, 5) is 13.1. The molecule has 0 spiro atoms. The number of carbonyl (C=O) groups is 1. The van der Waals surface area contributed by atoms with Crippen molar-refractivity contribution in [3.63, 3.8) is 0 Å². The van der Waals surface area contributed by atoms with Crippen LogP contribution in [0.4, 0.5) is 0 Å². The second kappa shape index (κ2) is 5.29. The SMILES string of the molecule is CNC(=O)CN1CC(C)OC(CO)C1. The number of carbonyl (C=O) groups excluding carboxylic acids is 1. The number of hydrogen-bond acceptors (Lipinski definition) is 4. The molecule has 1 aliphatic heterocycles. The molecule has 1 amide bonds. The Morgan fingerprint density at radius 2 is 2.36 bits per heavy atom. The quantitative estimate of drug-likeness (QED) is 0.604. The van der Waals surface area contributed by atoms with Gasteiger partial charge < -0.3 is 15.2 Å². The van der Waals surface area contributed by atoms with E-state index in [1.165, 1.54) is 0 Å². The first kappa shape index (κ1) is 11.4. The number of hydrogen-bond donors (Lipinski definition) is 2. The monoisotopic (exact) mass is 202 g/mol. The molecule has 0 aromatic rings. The molecule has 0 aromatic carbocycles. The smallest absolute Gasteiger partial charge is 0.233 e. The zero-order valence-corrected chi connectivity index (χ0v) is 8.69. The van der Waals surface area contributed by atoms with Gasteiger partial charge in [-0.05, 0) is 6.92 Å². The molecule has 0 saturated carbocycles. The second-order valence-electron chi connectivity index (χ2n) is 3.62. The Morgan fingerprint density at radius 1 is 1.64 bits per heavy atom. The van der Waals surface area contributed by atoms with Crippen LogP contribution >= 0.6 is 0 Å². The molecule has 2 unspecified atom stereocenters. The first-order valence-corrected chi connectivity index (χ1v) is 4.85. The van der Waals surface area contributed by atoms with Gasteiger partial charge in [0.25, 0.3) is 0 Å². The average Bonchev–Trinajstić information content (AvgIpc) is 2.16. The van der Waals surface area contributed by atoms with Crippen LogP contribution in [-0.4, -0.2) is 61.4 Å². The number of aliphatic hydroxyl groups is 1. The Balaban J connectivity index is 2.40. The van der Waals surface area contributed by atoms with Crippen LogP contribution in [0.25, 0.3) is 0 Å². The maximum atomic E-state index is 11.1. The van der Waals surface area contributed by atoms with Gasteiger partial charge >= 0.3 is 0 Å². The minimum Gasteiger partial charge on any atom is -0.394 e. The molecule has 5 heteroatoms. The first-order valence-electron chi connectivity index (χ1n) is 4.85. The van der Waals surface area contributed by atoms with Crippen molar-refractivity contribution in [3.05, 3.63) is 0 Å². The summed E-state index contributed by atoms with van der Waals surface area (Å²) in [5, 5.41) is 11.5. The van der Waals surface area contributed by atoms with Crippen molar-refractivity contribution in [1.29, 1.82) is 0 Å². The Hall–Kier alpha value is -0.650. The number of aliphatic hydroxyl groups excluding tert-OH is 1. The Bertz CT molecular complexity index is 198. The van der Waals surface area contributed by atoms with E-state index in [0.717, 1.165) is 6.54 Å². The van der Waals surface area contributed by atoms with Gasteiger partial charge in [-0.1, -0.05) is 0 Å². The summed E-state index contributed by atoms with van der Waals surface area (Å²) in [5.41, 5.74) is 0. The third kappa shape index (κ3) is 3.25. The molecule has 0 radical (unpaired) electrons. The van der Waals surface area contributed by atoms with Crippen molar-refractivity contribution in [2.24, 2.45) is 0 Å². The van der Waals surface area contributed by atoms with Crippen LogP contribution in [-0.2, 0) is 9.53 Å². The number of ether oxygens (including phenoxy) is 1. The van der Waals surface area contributed by atoms with E-state index in [1.807, 2.05) is 11.8 Å². The van der Waals surface area contributed by atoms with E-state index in [-0.39, 0.29) is 24.7 Å². The van der Waals surface area contributed by atoms with Crippen molar-refractivity contribution < 1.29 is 14.6 Å². The molecular formula is C9H18N2O3. The zero-order chi connectivity index (χ0) is 10.6. The Morgan fingerprint density at radius 3 is 2.93 bits per heavy atom. The molecule has 0 aromatic heterocycles. The molecular weight excluding hydrogens is 184 g/mol. The fourth-order valence-electron chi connectivity index (χ4n) is 1.65. The van der Waals surface area contributed by atoms with E-state index in [1.54, 1.807) is 7.05 Å². The van der Waals surface area contributed by atoms with Gasteiger partial charge in [0, 0.05) is 20.1 Å². The molecule has 82 valence electrons. The van der Waals surface area contributed by atoms with Gasteiger partial charge in [0.2, 0.25) is 5.91 Å². The first-order chi connectivity index (χ1) is 6.65. The largest absolute Gasteiger partial charge is 0.394 e. The lowest BCUT2D eigenvalue weighted by Crippen LogP contribution is -2.50. The molecule has 5 nitrogen and oxygen atoms in total. The number of nitrogens with one attached hydrogen (secondary N) is 1. The number of morpholine rings is 1. The second-order valence-corrected chi connectivity index (χ2v) is 3.62. The fourth-order valence-corrected chi connectivity index (χ4v) is 1.65. The van der Waals surface area contributed by atoms with Crippen LogP contribution in [0.2, 0.25) is 0 Å². The molecule has 1 heterocycles. The van der Waals surface area contributed by atoms with Gasteiger partial charge in [0.05, 0.1) is 25.4 Å². The van der Waals surface area contributed by atoms with E-state index in [4.69, 9.17) is 9.84 Å². The predicted octanol–water partition coefficient (Wildman–Crippen LogP) is -1.19. The van der Waals surface area contributed by atoms with Crippen molar-refractivity contribution in [2.75, 3.05) is 33.3 Å². The van der Waals surface area contributed by atoms with Gasteiger partial charge in [-0.3, -0.25) is 9.69 Å². The summed E-state index contributed by atoms with van der Waals surface area (Å²) < 4.78 is 5.46. The van der Waals surface area contributed by atoms with Crippen molar-refractivity contribution in [3.8, 4) is 0 Å². The molecule has 14 heavy (non-hydrogen) atoms. The third-order valence-electron chi connectivity index (χ3n) is 2.25. The molecule has 0 aliphatic carbocycles. The maximum Gasteiger partial charge on any atom is 0.233 e. The molecule has 2 N–H and O–H groups in total. The highest BCUT2D eigenvalue weighted by molar-refractivity contribution is 5.77. The van der Waals surface area contributed by atoms with Gasteiger partial charge in [-0.2, -0.15) is 0 Å². The molecule has 0 bridgehead atoms. The lowest BCUT2D eigenvalue weighted by atomic mass is 10.2. The third-order valence-corrected chi connectivity index (χ3v) is 2.25. The maximum absolute atomic E-state index is 11.1. The minimum atomic E-state index is -0.164. The summed E-state index contributed by atoms with van der Waals surface area (Å²) in [5.74, 6) is -0.00390. The van der Waals surface area contributed by atoms with Crippen LogP contribution in [0.15, 0.2) is 0 Å². The highest BCUT2D eigenvalue weighted by Crippen LogP contribution is 2.09. The molecule has 1 aliphatic rings. The van der Waals surface area contributed by atoms with Crippen molar-refractivity contribution in [1.82, 2.24) is 10.2 Å². The highest BCUT2D eigenvalue weighted by atomic mass is 16.5. The summed E-state index contributed by atoms with van der Waals surface area (Å²) in [6, 6.07) is 0. The summed E-state index contributed by atoms with van der Waals surface area (Å²) in [6.07, 6.45) is -0.0889. The van der Waals surface area contributed by atoms with Crippen LogP contribution in [0.3, 0.4) is 0 Å². The Kier molecular flexibility index (Phi) is 4.31. The van der Waals surface area contributed by atoms with E-state index >= 15 is 0 Å². The van der Waals surface area contributed by atoms with Crippen LogP contribution in [0.1, 0.15) is 6.92 Å². The van der Waals surface area contributed by atoms with Crippen LogP contribution < -0.4 is 5.32 Å². The zero-order valence-electron chi connectivity index (χ0n) is 8.69. The number of nitrogens with zero attached hydrogens (tertiary/aromatic N) is 1. The summed E-state index contributed by atoms with van der Waals surface area (Å²) >= 11 is 0. The predicted molar refractivity (Wildman–Crippen MR) is 51.9 cm³/mol. The van der Waals surface area contributed by atoms with E-state index in [2.05, 4.69) is 5.32 Å². The van der Waals surface area contributed by atoms with Crippen molar-refractivity contribution >= 4 is 5.91 Å². The van der Waals surface area contributed by atoms with Gasteiger partial charge in [-0.15, -0.1) is 0 Å². The standard InChI is InChI=1S/C9H18N2O3/c1-7-3-11(5-9(13)10-2)4-8(6-12)14-7/h7-8,12H,3-6H2,1-2H3,(H,10,13). The summed E-state index contributed by atoms with van der Waals surface area (Å²) in [7, 11) is 1.62. The number of likely N-dealkylation sites (N-methyl/N-ethyl adjacent to an activating group) is 1. The topological polar surface area (TPSA) is 61.8 Å². The highest BCUT2D eigenvalue weighted by Gasteiger charge is 2.25. The normalized spacial score (nSPS) is 28.8. The van der Waals surface area contributed by atoms with E-state index in [0.29, 0.717) is 13.1 Å². The van der Waals surface area contributed by atoms with Gasteiger partial charge in [0.15, 0.2) is 0 Å². The van der Waals surface area contributed by atoms with Gasteiger partial charge in [0.1, 0.15) is 0 Å². The Labute approximate surface area is 84.0 Å². The van der Waals surface area contributed by atoms with Crippen molar-refractivity contribution in [2.45, 2.75) is 19.1 Å². The lowest BCUT2D eigenvalue weighted by molar-refractivity contribution is -0.128. The van der Waals surface area contributed by atoms with E-state index in [9.17, 15) is 4.79 Å².